The molecule has 0 atom stereocenters. The smallest absolute Gasteiger partial charge is 0.273 e. The number of nitrogens with one attached hydrogen (secondary N) is 3. The highest BCUT2D eigenvalue weighted by Gasteiger charge is 2.15. The number of hydrogen-bond donors (Lipinski definition) is 4. The molecule has 0 fully saturated rings. The number of anilines is 1. The van der Waals surface area contributed by atoms with Crippen LogP contribution in [0.2, 0.25) is 0 Å². The third-order valence-electron chi connectivity index (χ3n) is 5.17. The van der Waals surface area contributed by atoms with Crippen LogP contribution in [0, 0.1) is 5.53 Å². The summed E-state index contributed by atoms with van der Waals surface area (Å²) in [6.45, 7) is 0.292. The minimum Gasteiger partial charge on any atom is -0.389 e. The first-order valence-corrected chi connectivity index (χ1v) is 10.2. The molecule has 0 saturated heterocycles. The number of imidazole rings is 1. The molecule has 2 heterocycles. The lowest BCUT2D eigenvalue weighted by Crippen LogP contribution is -2.27. The molecule has 0 aliphatic carbocycles. The second-order valence-electron chi connectivity index (χ2n) is 7.25. The van der Waals surface area contributed by atoms with Crippen molar-refractivity contribution in [2.24, 2.45) is 5.11 Å². The average Bonchev–Trinajstić information content (AvgIpc) is 3.29. The van der Waals surface area contributed by atoms with Crippen molar-refractivity contribution in [2.45, 2.75) is 13.0 Å². The normalized spacial score (nSPS) is 11.7. The lowest BCUT2D eigenvalue weighted by atomic mass is 10.1. The first kappa shape index (κ1) is 21.6. The van der Waals surface area contributed by atoms with Crippen LogP contribution in [0.4, 0.5) is 5.82 Å². The zero-order valence-electron chi connectivity index (χ0n) is 18.0. The maximum atomic E-state index is 12.7. The van der Waals surface area contributed by atoms with Crippen LogP contribution >= 0.6 is 0 Å². The number of nitrogen functional groups attached to an aromatic ring is 1. The van der Waals surface area contributed by atoms with Crippen molar-refractivity contribution in [2.75, 3.05) is 12.8 Å². The van der Waals surface area contributed by atoms with Crippen molar-refractivity contribution in [1.82, 2.24) is 30.2 Å². The van der Waals surface area contributed by atoms with E-state index >= 15 is 0 Å². The van der Waals surface area contributed by atoms with E-state index in [1.807, 2.05) is 59.2 Å². The zero-order chi connectivity index (χ0) is 23.2. The molecule has 2 aromatic heterocycles. The van der Waals surface area contributed by atoms with Crippen molar-refractivity contribution in [3.8, 4) is 5.69 Å². The van der Waals surface area contributed by atoms with Crippen LogP contribution in [-0.2, 0) is 17.8 Å². The van der Waals surface area contributed by atoms with E-state index in [1.54, 1.807) is 13.4 Å². The topological polar surface area (TPSA) is 147 Å². The number of fused-ring (bicyclic) bond motifs is 1. The van der Waals surface area contributed by atoms with E-state index in [-0.39, 0.29) is 5.70 Å². The van der Waals surface area contributed by atoms with Crippen LogP contribution in [0.5, 0.6) is 0 Å². The van der Waals surface area contributed by atoms with E-state index in [1.165, 1.54) is 6.33 Å². The van der Waals surface area contributed by atoms with Crippen molar-refractivity contribution in [3.63, 3.8) is 0 Å². The number of aromatic nitrogens is 4. The molecule has 10 nitrogen and oxygen atoms in total. The number of likely N-dealkylation sites (N-methyl/N-ethyl adjacent to an activating group) is 1. The molecular formula is C23H23N9O. The molecule has 1 amide bonds. The summed E-state index contributed by atoms with van der Waals surface area (Å²) in [5, 5.41) is 9.31. The van der Waals surface area contributed by atoms with E-state index in [9.17, 15) is 4.79 Å². The van der Waals surface area contributed by atoms with Gasteiger partial charge in [0, 0.05) is 31.4 Å². The molecule has 33 heavy (non-hydrogen) atoms. The van der Waals surface area contributed by atoms with E-state index in [4.69, 9.17) is 11.3 Å². The van der Waals surface area contributed by atoms with Crippen molar-refractivity contribution in [1.29, 1.82) is 5.53 Å². The predicted molar refractivity (Wildman–Crippen MR) is 124 cm³/mol. The summed E-state index contributed by atoms with van der Waals surface area (Å²) < 4.78 is 1.82. The number of carbonyl (C=O) groups excluding carboxylic acids is 1. The van der Waals surface area contributed by atoms with E-state index in [2.05, 4.69) is 30.7 Å². The number of carbonyl (C=O) groups is 1. The maximum Gasteiger partial charge on any atom is 0.273 e. The Morgan fingerprint density at radius 3 is 2.52 bits per heavy atom. The number of nitrogens with two attached hydrogens (primary N) is 1. The molecule has 5 N–H and O–H groups in total. The molecule has 0 aliphatic heterocycles. The van der Waals surface area contributed by atoms with Gasteiger partial charge in [0.1, 0.15) is 12.7 Å². The summed E-state index contributed by atoms with van der Waals surface area (Å²) in [6, 6.07) is 17.3. The number of nitrogens with zero attached hydrogens (tertiary/aromatic N) is 5. The van der Waals surface area contributed by atoms with Crippen LogP contribution in [0.15, 0.2) is 83.8 Å². The molecule has 0 spiro atoms. The molecule has 4 aromatic rings. The Morgan fingerprint density at radius 2 is 1.82 bits per heavy atom. The summed E-state index contributed by atoms with van der Waals surface area (Å²) >= 11 is 0. The molecule has 2 aromatic carbocycles. The molecule has 0 bridgehead atoms. The second kappa shape index (κ2) is 9.69. The second-order valence-corrected chi connectivity index (χ2v) is 7.25. The molecule has 10 heteroatoms. The van der Waals surface area contributed by atoms with Crippen LogP contribution in [-0.4, -0.2) is 32.5 Å². The molecule has 0 saturated carbocycles. The number of amides is 1. The van der Waals surface area contributed by atoms with Gasteiger partial charge >= 0.3 is 0 Å². The van der Waals surface area contributed by atoms with Gasteiger partial charge in [-0.2, -0.15) is 5.11 Å². The van der Waals surface area contributed by atoms with Gasteiger partial charge in [-0.15, -0.1) is 0 Å². The largest absolute Gasteiger partial charge is 0.389 e. The van der Waals surface area contributed by atoms with Crippen molar-refractivity contribution in [3.05, 3.63) is 89.8 Å². The van der Waals surface area contributed by atoms with Gasteiger partial charge in [-0.1, -0.05) is 42.5 Å². The Balaban J connectivity index is 1.46. The number of hydrogen-bond acceptors (Lipinski definition) is 8. The van der Waals surface area contributed by atoms with E-state index in [0.29, 0.717) is 35.6 Å². The minimum absolute atomic E-state index is 0.0557. The Morgan fingerprint density at radius 1 is 1.06 bits per heavy atom. The van der Waals surface area contributed by atoms with Crippen LogP contribution < -0.4 is 16.4 Å². The Kier molecular flexibility index (Phi) is 6.35. The summed E-state index contributed by atoms with van der Waals surface area (Å²) in [5.74, 6) is -0.0860. The van der Waals surface area contributed by atoms with Crippen LogP contribution in [0.3, 0.4) is 0 Å². The molecule has 0 radical (unpaired) electrons. The SMILES string of the molecule is CN/C(Cc1ccccc1)=C(\N=N)C(=O)NCc1ccc(-n2cnc3c(N)ncnc32)cc1. The van der Waals surface area contributed by atoms with Gasteiger partial charge in [0.15, 0.2) is 22.7 Å². The van der Waals surface area contributed by atoms with E-state index < -0.39 is 5.91 Å². The van der Waals surface area contributed by atoms with Crippen molar-refractivity contribution >= 4 is 22.9 Å². The molecule has 0 unspecified atom stereocenters. The number of rotatable bonds is 8. The van der Waals surface area contributed by atoms with Crippen molar-refractivity contribution < 1.29 is 4.79 Å². The van der Waals surface area contributed by atoms with Gasteiger partial charge in [-0.25, -0.2) is 20.5 Å². The fourth-order valence-electron chi connectivity index (χ4n) is 3.43. The summed E-state index contributed by atoms with van der Waals surface area (Å²) in [4.78, 5) is 25.2. The Hall–Kier alpha value is -4.60. The van der Waals surface area contributed by atoms with Gasteiger partial charge in [0.2, 0.25) is 0 Å². The number of benzene rings is 2. The van der Waals surface area contributed by atoms with Crippen LogP contribution in [0.1, 0.15) is 11.1 Å². The quantitative estimate of drug-likeness (QED) is 0.244. The van der Waals surface area contributed by atoms with Gasteiger partial charge in [0.25, 0.3) is 5.91 Å². The highest BCUT2D eigenvalue weighted by Crippen LogP contribution is 2.19. The highest BCUT2D eigenvalue weighted by atomic mass is 16.2. The lowest BCUT2D eigenvalue weighted by Gasteiger charge is -2.12. The fraction of sp³-hybridized carbons (Fsp3) is 0.130. The first-order chi connectivity index (χ1) is 16.1. The molecular weight excluding hydrogens is 418 g/mol. The van der Waals surface area contributed by atoms with Gasteiger partial charge < -0.3 is 16.4 Å². The average molecular weight is 441 g/mol. The standard InChI is InChI=1S/C23H23N9O/c1-26-18(11-15-5-3-2-4-6-15)19(31-25)23(33)27-12-16-7-9-17(10-8-16)32-14-30-20-21(24)28-13-29-22(20)32/h2-10,13-14,25-26H,11-12H2,1H3,(H,27,33)(H2,24,28,29)/b19-18-,31-25?. The van der Waals surface area contributed by atoms with Gasteiger partial charge in [-0.3, -0.25) is 9.36 Å². The Bertz CT molecular complexity index is 1310. The first-order valence-electron chi connectivity index (χ1n) is 10.2. The molecule has 4 rings (SSSR count). The van der Waals surface area contributed by atoms with E-state index in [0.717, 1.165) is 16.8 Å². The fourth-order valence-corrected chi connectivity index (χ4v) is 3.43. The minimum atomic E-state index is -0.415. The summed E-state index contributed by atoms with van der Waals surface area (Å²) in [5.41, 5.74) is 17.9. The monoisotopic (exact) mass is 441 g/mol. The maximum absolute atomic E-state index is 12.7. The predicted octanol–water partition coefficient (Wildman–Crippen LogP) is 2.72. The van der Waals surface area contributed by atoms with Gasteiger partial charge in [0.05, 0.1) is 0 Å². The third-order valence-corrected chi connectivity index (χ3v) is 5.17. The zero-order valence-corrected chi connectivity index (χ0v) is 18.0. The highest BCUT2D eigenvalue weighted by molar-refractivity contribution is 5.93. The molecule has 166 valence electrons. The molecule has 0 aliphatic rings. The lowest BCUT2D eigenvalue weighted by molar-refractivity contribution is -0.117. The van der Waals surface area contributed by atoms with Gasteiger partial charge in [-0.05, 0) is 23.3 Å². The third kappa shape index (κ3) is 4.69. The Labute approximate surface area is 190 Å². The van der Waals surface area contributed by atoms with Crippen LogP contribution in [0.25, 0.3) is 16.9 Å². The summed E-state index contributed by atoms with van der Waals surface area (Å²) in [6.07, 6.45) is 3.52. The summed E-state index contributed by atoms with van der Waals surface area (Å²) in [7, 11) is 1.72. The number of allylic oxidation sites excluding steroid dienone is 1.